The second-order valence-electron chi connectivity index (χ2n) is 8.39. The second-order valence-corrected chi connectivity index (χ2v) is 8.39. The molecule has 0 saturated heterocycles. The van der Waals surface area contributed by atoms with Crippen LogP contribution in [0.5, 0.6) is 0 Å². The van der Waals surface area contributed by atoms with Crippen molar-refractivity contribution in [2.45, 2.75) is 71.6 Å². The monoisotopic (exact) mass is 382 g/mol. The van der Waals surface area contributed by atoms with Crippen molar-refractivity contribution in [1.29, 1.82) is 0 Å². The molecule has 1 aliphatic rings. The first kappa shape index (κ1) is 21.3. The van der Waals surface area contributed by atoms with E-state index in [1.807, 2.05) is 12.1 Å². The Labute approximate surface area is 178 Å². The molecule has 0 amide bonds. The van der Waals surface area contributed by atoms with Crippen molar-refractivity contribution in [2.75, 3.05) is 0 Å². The van der Waals surface area contributed by atoms with Gasteiger partial charge in [0.25, 0.3) is 0 Å². The molecular formula is C29H34. The van der Waals surface area contributed by atoms with Crippen LogP contribution < -0.4 is 0 Å². The fraction of sp³-hybridized carbons (Fsp3) is 0.448. The lowest BCUT2D eigenvalue weighted by Crippen LogP contribution is -2.15. The van der Waals surface area contributed by atoms with Gasteiger partial charge in [-0.2, -0.15) is 0 Å². The molecular weight excluding hydrogens is 348 g/mol. The van der Waals surface area contributed by atoms with Crippen LogP contribution in [0.15, 0.2) is 48.5 Å². The van der Waals surface area contributed by atoms with Gasteiger partial charge in [0.1, 0.15) is 0 Å². The lowest BCUT2D eigenvalue weighted by Gasteiger charge is -2.28. The summed E-state index contributed by atoms with van der Waals surface area (Å²) >= 11 is 0. The van der Waals surface area contributed by atoms with E-state index >= 15 is 0 Å². The molecule has 0 aromatic heterocycles. The van der Waals surface area contributed by atoms with E-state index in [9.17, 15) is 0 Å². The second kappa shape index (κ2) is 11.5. The van der Waals surface area contributed by atoms with Gasteiger partial charge >= 0.3 is 0 Å². The summed E-state index contributed by atoms with van der Waals surface area (Å²) in [6.45, 7) is 4.39. The number of hydrogen-bond acceptors (Lipinski definition) is 0. The summed E-state index contributed by atoms with van der Waals surface area (Å²) in [6, 6.07) is 17.1. The van der Waals surface area contributed by atoms with E-state index < -0.39 is 0 Å². The van der Waals surface area contributed by atoms with Crippen LogP contribution in [0.25, 0.3) is 0 Å². The molecule has 0 bridgehead atoms. The van der Waals surface area contributed by atoms with Crippen molar-refractivity contribution in [3.8, 4) is 23.7 Å². The minimum Gasteiger partial charge on any atom is -0.0982 e. The fourth-order valence-electron chi connectivity index (χ4n) is 4.31. The summed E-state index contributed by atoms with van der Waals surface area (Å²) in [5, 5.41) is 0. The quantitative estimate of drug-likeness (QED) is 0.473. The normalized spacial score (nSPS) is 18.3. The van der Waals surface area contributed by atoms with E-state index in [-0.39, 0.29) is 0 Å². The Bertz CT molecular complexity index is 854. The van der Waals surface area contributed by atoms with Crippen molar-refractivity contribution in [3.05, 3.63) is 70.8 Å². The molecule has 0 nitrogen and oxygen atoms in total. The summed E-state index contributed by atoms with van der Waals surface area (Å²) in [4.78, 5) is 0. The van der Waals surface area contributed by atoms with Gasteiger partial charge < -0.3 is 0 Å². The third kappa shape index (κ3) is 7.15. The first-order chi connectivity index (χ1) is 14.3. The molecule has 0 unspecified atom stereocenters. The summed E-state index contributed by atoms with van der Waals surface area (Å²) in [5.74, 6) is 14.7. The molecule has 1 aliphatic carbocycles. The average Bonchev–Trinajstić information content (AvgIpc) is 2.77. The lowest BCUT2D eigenvalue weighted by atomic mass is 9.78. The van der Waals surface area contributed by atoms with Crippen LogP contribution in [0.4, 0.5) is 0 Å². The van der Waals surface area contributed by atoms with Crippen molar-refractivity contribution >= 4 is 0 Å². The third-order valence-corrected chi connectivity index (χ3v) is 6.10. The maximum atomic E-state index is 3.29. The Morgan fingerprint density at radius 3 is 1.66 bits per heavy atom. The van der Waals surface area contributed by atoms with E-state index in [4.69, 9.17) is 0 Å². The molecule has 3 rings (SSSR count). The Morgan fingerprint density at radius 1 is 0.655 bits per heavy atom. The molecule has 0 radical (unpaired) electrons. The van der Waals surface area contributed by atoms with Crippen molar-refractivity contribution in [3.63, 3.8) is 0 Å². The smallest absolute Gasteiger partial charge is 0.0249 e. The standard InChI is InChI=1S/C29H34/c1-3-5-7-25-10-14-27(15-11-25)17-19-29-22-20-28(21-23-29)18-16-26-12-8-24(6-4-2)9-13-26/h10-11,14-15,20-24,26H,3-4,6,8-9,12-13,16,18H2,1-2H3/t24-,26-. The third-order valence-electron chi connectivity index (χ3n) is 6.10. The van der Waals surface area contributed by atoms with E-state index in [2.05, 4.69) is 73.9 Å². The van der Waals surface area contributed by atoms with Gasteiger partial charge in [0.15, 0.2) is 0 Å². The minimum atomic E-state index is 0.887. The molecule has 0 aliphatic heterocycles. The van der Waals surface area contributed by atoms with Crippen LogP contribution in [0.3, 0.4) is 0 Å². The van der Waals surface area contributed by atoms with E-state index in [0.29, 0.717) is 0 Å². The Balaban J connectivity index is 1.48. The average molecular weight is 383 g/mol. The molecule has 0 N–H and O–H groups in total. The van der Waals surface area contributed by atoms with E-state index in [0.717, 1.165) is 34.9 Å². The number of hydrogen-bond donors (Lipinski definition) is 0. The SMILES string of the molecule is CCC#Cc1ccc(C#Cc2ccc(CC[C@H]3CC[C@H](CCC)CC3)cc2)cc1. The Kier molecular flexibility index (Phi) is 8.46. The van der Waals surface area contributed by atoms with Gasteiger partial charge in [-0.3, -0.25) is 0 Å². The van der Waals surface area contributed by atoms with Gasteiger partial charge in [0, 0.05) is 23.1 Å². The zero-order valence-electron chi connectivity index (χ0n) is 18.1. The lowest BCUT2D eigenvalue weighted by molar-refractivity contribution is 0.252. The number of aryl methyl sites for hydroxylation is 1. The summed E-state index contributed by atoms with van der Waals surface area (Å²) < 4.78 is 0. The topological polar surface area (TPSA) is 0 Å². The first-order valence-electron chi connectivity index (χ1n) is 11.5. The molecule has 2 aromatic carbocycles. The van der Waals surface area contributed by atoms with Gasteiger partial charge in [-0.05, 0) is 66.6 Å². The molecule has 0 spiro atoms. The summed E-state index contributed by atoms with van der Waals surface area (Å²) in [7, 11) is 0. The van der Waals surface area contributed by atoms with Gasteiger partial charge in [-0.1, -0.05) is 88.2 Å². The molecule has 1 saturated carbocycles. The molecule has 1 fully saturated rings. The first-order valence-corrected chi connectivity index (χ1v) is 11.5. The van der Waals surface area contributed by atoms with Crippen molar-refractivity contribution < 1.29 is 0 Å². The largest absolute Gasteiger partial charge is 0.0982 e. The maximum Gasteiger partial charge on any atom is 0.0249 e. The highest BCUT2D eigenvalue weighted by Gasteiger charge is 2.20. The van der Waals surface area contributed by atoms with Crippen LogP contribution in [0.1, 0.15) is 87.5 Å². The number of benzene rings is 2. The predicted molar refractivity (Wildman–Crippen MR) is 125 cm³/mol. The molecule has 0 heterocycles. The van der Waals surface area contributed by atoms with Crippen molar-refractivity contribution in [1.82, 2.24) is 0 Å². The minimum absolute atomic E-state index is 0.887. The van der Waals surface area contributed by atoms with Gasteiger partial charge in [0.05, 0.1) is 0 Å². The highest BCUT2D eigenvalue weighted by molar-refractivity contribution is 5.46. The Morgan fingerprint density at radius 2 is 1.14 bits per heavy atom. The zero-order valence-corrected chi connectivity index (χ0v) is 18.1. The van der Waals surface area contributed by atoms with Crippen LogP contribution in [0.2, 0.25) is 0 Å². The zero-order chi connectivity index (χ0) is 20.3. The van der Waals surface area contributed by atoms with Crippen LogP contribution in [-0.4, -0.2) is 0 Å². The molecule has 2 aromatic rings. The summed E-state index contributed by atoms with van der Waals surface area (Å²) in [5.41, 5.74) is 4.63. The molecule has 0 heteroatoms. The Hall–Kier alpha value is -2.44. The van der Waals surface area contributed by atoms with Gasteiger partial charge in [-0.25, -0.2) is 0 Å². The molecule has 150 valence electrons. The van der Waals surface area contributed by atoms with Gasteiger partial charge in [-0.15, -0.1) is 0 Å². The molecule has 0 atom stereocenters. The van der Waals surface area contributed by atoms with Crippen molar-refractivity contribution in [2.24, 2.45) is 11.8 Å². The van der Waals surface area contributed by atoms with E-state index in [1.54, 1.807) is 0 Å². The fourth-order valence-corrected chi connectivity index (χ4v) is 4.31. The summed E-state index contributed by atoms with van der Waals surface area (Å²) in [6.07, 6.45) is 12.0. The highest BCUT2D eigenvalue weighted by atomic mass is 14.3. The van der Waals surface area contributed by atoms with Crippen LogP contribution in [-0.2, 0) is 6.42 Å². The highest BCUT2D eigenvalue weighted by Crippen LogP contribution is 2.33. The number of rotatable bonds is 5. The van der Waals surface area contributed by atoms with E-state index in [1.165, 1.54) is 56.9 Å². The maximum absolute atomic E-state index is 3.29. The van der Waals surface area contributed by atoms with Gasteiger partial charge in [0.2, 0.25) is 0 Å². The van der Waals surface area contributed by atoms with Crippen LogP contribution >= 0.6 is 0 Å². The van der Waals surface area contributed by atoms with Crippen LogP contribution in [0, 0.1) is 35.5 Å². The predicted octanol–water partition coefficient (Wildman–Crippen LogP) is 7.39. The molecule has 29 heavy (non-hydrogen) atoms.